The molecule has 0 aliphatic rings. The van der Waals surface area contributed by atoms with Gasteiger partial charge in [0.1, 0.15) is 5.82 Å². The second-order valence-electron chi connectivity index (χ2n) is 4.97. The van der Waals surface area contributed by atoms with Crippen LogP contribution >= 0.6 is 11.6 Å². The molecule has 5 heteroatoms. The first-order valence-electron chi connectivity index (χ1n) is 5.88. The molecule has 96 valence electrons. The van der Waals surface area contributed by atoms with Gasteiger partial charge < -0.3 is 10.2 Å². The van der Waals surface area contributed by atoms with Crippen molar-refractivity contribution in [3.05, 3.63) is 17.3 Å². The number of nitrogens with zero attached hydrogens (tertiary/aromatic N) is 3. The van der Waals surface area contributed by atoms with Crippen LogP contribution in [-0.4, -0.2) is 41.8 Å². The minimum atomic E-state index is 0.375. The van der Waals surface area contributed by atoms with Crippen LogP contribution in [0.3, 0.4) is 0 Å². The third-order valence-electron chi connectivity index (χ3n) is 2.33. The molecule has 1 aromatic rings. The maximum Gasteiger partial charge on any atom is 0.151 e. The van der Waals surface area contributed by atoms with Crippen molar-refractivity contribution in [2.24, 2.45) is 5.92 Å². The Balaban J connectivity index is 2.61. The Labute approximate surface area is 108 Å². The third-order valence-corrected chi connectivity index (χ3v) is 2.53. The highest BCUT2D eigenvalue weighted by Crippen LogP contribution is 2.12. The quantitative estimate of drug-likeness (QED) is 0.849. The van der Waals surface area contributed by atoms with Crippen molar-refractivity contribution < 1.29 is 0 Å². The van der Waals surface area contributed by atoms with Crippen molar-refractivity contribution in [3.63, 3.8) is 0 Å². The Kier molecular flexibility index (Phi) is 5.65. The first-order valence-corrected chi connectivity index (χ1v) is 6.25. The van der Waals surface area contributed by atoms with E-state index < -0.39 is 0 Å². The molecule has 0 saturated heterocycles. The Morgan fingerprint density at radius 2 is 2.00 bits per heavy atom. The Hall–Kier alpha value is -0.870. The highest BCUT2D eigenvalue weighted by atomic mass is 35.5. The molecule has 1 atom stereocenters. The van der Waals surface area contributed by atoms with E-state index in [1.807, 2.05) is 6.07 Å². The Bertz CT molecular complexity index is 314. The molecular weight excluding hydrogens is 236 g/mol. The molecule has 4 nitrogen and oxygen atoms in total. The maximum atomic E-state index is 5.71. The van der Waals surface area contributed by atoms with Crippen molar-refractivity contribution in [1.29, 1.82) is 0 Å². The van der Waals surface area contributed by atoms with E-state index >= 15 is 0 Å². The van der Waals surface area contributed by atoms with Gasteiger partial charge in [0, 0.05) is 12.6 Å². The number of likely N-dealkylation sites (N-methyl/N-ethyl adjacent to an activating group) is 1. The summed E-state index contributed by atoms with van der Waals surface area (Å²) >= 11 is 5.71. The predicted octanol–water partition coefficient (Wildman–Crippen LogP) is 2.52. The number of nitrogens with one attached hydrogen (secondary N) is 1. The molecule has 0 aromatic carbocycles. The number of hydrogen-bond acceptors (Lipinski definition) is 4. The fourth-order valence-electron chi connectivity index (χ4n) is 1.79. The van der Waals surface area contributed by atoms with Gasteiger partial charge in [0.05, 0.1) is 0 Å². The van der Waals surface area contributed by atoms with Crippen LogP contribution in [0.4, 0.5) is 5.82 Å². The van der Waals surface area contributed by atoms with Crippen molar-refractivity contribution in [2.45, 2.75) is 26.3 Å². The predicted molar refractivity (Wildman–Crippen MR) is 72.5 cm³/mol. The summed E-state index contributed by atoms with van der Waals surface area (Å²) in [6.45, 7) is 5.41. The van der Waals surface area contributed by atoms with Crippen LogP contribution in [0.5, 0.6) is 0 Å². The summed E-state index contributed by atoms with van der Waals surface area (Å²) in [6.07, 6.45) is 1.10. The smallest absolute Gasteiger partial charge is 0.151 e. The maximum absolute atomic E-state index is 5.71. The molecule has 0 aliphatic carbocycles. The highest BCUT2D eigenvalue weighted by Gasteiger charge is 2.12. The van der Waals surface area contributed by atoms with E-state index in [0.29, 0.717) is 17.1 Å². The van der Waals surface area contributed by atoms with Gasteiger partial charge in [-0.15, -0.1) is 10.2 Å². The molecule has 0 aliphatic heterocycles. The second kappa shape index (κ2) is 6.77. The molecule has 0 saturated carbocycles. The summed E-state index contributed by atoms with van der Waals surface area (Å²) in [5, 5.41) is 11.7. The summed E-state index contributed by atoms with van der Waals surface area (Å²) in [6, 6.07) is 3.98. The Morgan fingerprint density at radius 3 is 2.47 bits per heavy atom. The molecule has 0 bridgehead atoms. The number of rotatable bonds is 6. The molecular formula is C12H21ClN4. The molecule has 1 rings (SSSR count). The molecule has 0 amide bonds. The normalized spacial score (nSPS) is 13.1. The average molecular weight is 257 g/mol. The van der Waals surface area contributed by atoms with Gasteiger partial charge in [-0.3, -0.25) is 0 Å². The molecule has 0 radical (unpaired) electrons. The third kappa shape index (κ3) is 5.84. The lowest BCUT2D eigenvalue weighted by molar-refractivity contribution is 0.356. The minimum absolute atomic E-state index is 0.375. The second-order valence-corrected chi connectivity index (χ2v) is 5.36. The lowest BCUT2D eigenvalue weighted by atomic mass is 10.0. The number of halogens is 1. The van der Waals surface area contributed by atoms with E-state index in [1.54, 1.807) is 6.07 Å². The minimum Gasteiger partial charge on any atom is -0.365 e. The lowest BCUT2D eigenvalue weighted by Crippen LogP contribution is -2.33. The number of aromatic nitrogens is 2. The van der Waals surface area contributed by atoms with Crippen LogP contribution in [0.15, 0.2) is 12.1 Å². The average Bonchev–Trinajstić information content (AvgIpc) is 2.19. The molecule has 1 heterocycles. The monoisotopic (exact) mass is 256 g/mol. The number of hydrogen-bond donors (Lipinski definition) is 1. The summed E-state index contributed by atoms with van der Waals surface area (Å²) in [5.74, 6) is 1.43. The van der Waals surface area contributed by atoms with Gasteiger partial charge in [-0.25, -0.2) is 0 Å². The van der Waals surface area contributed by atoms with Crippen LogP contribution in [0.1, 0.15) is 20.3 Å². The van der Waals surface area contributed by atoms with Gasteiger partial charge in [0.15, 0.2) is 5.15 Å². The standard InChI is InChI=1S/C12H21ClN4/c1-9(2)7-10(8-17(3)4)14-12-6-5-11(13)15-16-12/h5-6,9-10H,7-8H2,1-4H3,(H,14,16). The van der Waals surface area contributed by atoms with Gasteiger partial charge in [-0.2, -0.15) is 0 Å². The zero-order chi connectivity index (χ0) is 12.8. The number of anilines is 1. The first kappa shape index (κ1) is 14.2. The molecule has 1 aromatic heterocycles. The van der Waals surface area contributed by atoms with E-state index in [-0.39, 0.29) is 0 Å². The van der Waals surface area contributed by atoms with Crippen LogP contribution in [-0.2, 0) is 0 Å². The topological polar surface area (TPSA) is 41.0 Å². The summed E-state index contributed by atoms with van der Waals surface area (Å²) < 4.78 is 0. The Morgan fingerprint density at radius 1 is 1.29 bits per heavy atom. The SMILES string of the molecule is CC(C)CC(CN(C)C)Nc1ccc(Cl)nn1. The molecule has 1 N–H and O–H groups in total. The van der Waals surface area contributed by atoms with E-state index in [9.17, 15) is 0 Å². The van der Waals surface area contributed by atoms with Crippen LogP contribution < -0.4 is 5.32 Å². The van der Waals surface area contributed by atoms with Crippen LogP contribution in [0, 0.1) is 5.92 Å². The van der Waals surface area contributed by atoms with Gasteiger partial charge in [0.25, 0.3) is 0 Å². The zero-order valence-electron chi connectivity index (χ0n) is 10.9. The van der Waals surface area contributed by atoms with Gasteiger partial charge in [0.2, 0.25) is 0 Å². The van der Waals surface area contributed by atoms with Gasteiger partial charge in [-0.1, -0.05) is 25.4 Å². The molecule has 17 heavy (non-hydrogen) atoms. The molecule has 0 spiro atoms. The van der Waals surface area contributed by atoms with E-state index in [0.717, 1.165) is 18.8 Å². The fraction of sp³-hybridized carbons (Fsp3) is 0.667. The van der Waals surface area contributed by atoms with Crippen molar-refractivity contribution in [2.75, 3.05) is 26.0 Å². The van der Waals surface area contributed by atoms with Crippen LogP contribution in [0.2, 0.25) is 5.15 Å². The van der Waals surface area contributed by atoms with Crippen molar-refractivity contribution >= 4 is 17.4 Å². The van der Waals surface area contributed by atoms with E-state index in [2.05, 4.69) is 48.4 Å². The fourth-order valence-corrected chi connectivity index (χ4v) is 1.89. The lowest BCUT2D eigenvalue weighted by Gasteiger charge is -2.24. The highest BCUT2D eigenvalue weighted by molar-refractivity contribution is 6.29. The van der Waals surface area contributed by atoms with E-state index in [4.69, 9.17) is 11.6 Å². The van der Waals surface area contributed by atoms with Crippen molar-refractivity contribution in [1.82, 2.24) is 15.1 Å². The summed E-state index contributed by atoms with van der Waals surface area (Å²) in [7, 11) is 4.14. The summed E-state index contributed by atoms with van der Waals surface area (Å²) in [4.78, 5) is 2.17. The molecule has 1 unspecified atom stereocenters. The molecule has 0 fully saturated rings. The van der Waals surface area contributed by atoms with Crippen molar-refractivity contribution in [3.8, 4) is 0 Å². The largest absolute Gasteiger partial charge is 0.365 e. The zero-order valence-corrected chi connectivity index (χ0v) is 11.7. The van der Waals surface area contributed by atoms with Crippen LogP contribution in [0.25, 0.3) is 0 Å². The van der Waals surface area contributed by atoms with Gasteiger partial charge >= 0.3 is 0 Å². The van der Waals surface area contributed by atoms with Gasteiger partial charge in [-0.05, 0) is 38.6 Å². The van der Waals surface area contributed by atoms with E-state index in [1.165, 1.54) is 0 Å². The summed E-state index contributed by atoms with van der Waals surface area (Å²) in [5.41, 5.74) is 0. The first-order chi connectivity index (χ1) is 7.97.